The predicted molar refractivity (Wildman–Crippen MR) is 73.9 cm³/mol. The number of amides is 1. The summed E-state index contributed by atoms with van der Waals surface area (Å²) in [6.45, 7) is 3.47. The number of benzene rings is 1. The zero-order valence-electron chi connectivity index (χ0n) is 12.3. The molecule has 2 rings (SSSR count). The average Bonchev–Trinajstić information content (AvgIpc) is 2.47. The number of hydrogen-bond donors (Lipinski definition) is 0. The number of carbonyl (C=O) groups is 1. The van der Waals surface area contributed by atoms with Gasteiger partial charge in [0.25, 0.3) is 0 Å². The van der Waals surface area contributed by atoms with Gasteiger partial charge < -0.3 is 4.90 Å². The van der Waals surface area contributed by atoms with E-state index < -0.39 is 12.1 Å². The molecule has 1 fully saturated rings. The van der Waals surface area contributed by atoms with Crippen LogP contribution in [0.15, 0.2) is 18.2 Å². The molecule has 1 aliphatic heterocycles. The fourth-order valence-electron chi connectivity index (χ4n) is 2.54. The number of piperazine rings is 1. The molecule has 0 spiro atoms. The smallest absolute Gasteiger partial charge is 0.332 e. The van der Waals surface area contributed by atoms with Crippen LogP contribution in [0.5, 0.6) is 0 Å². The van der Waals surface area contributed by atoms with Crippen molar-refractivity contribution in [1.29, 1.82) is 0 Å². The maximum atomic E-state index is 13.2. The highest BCUT2D eigenvalue weighted by atomic mass is 19.4. The second-order valence-electron chi connectivity index (χ2n) is 5.45. The number of carbonyl (C=O) groups excluding carboxylic acids is 1. The Morgan fingerprint density at radius 3 is 2.41 bits per heavy atom. The molecule has 1 saturated heterocycles. The van der Waals surface area contributed by atoms with Crippen LogP contribution in [0.2, 0.25) is 0 Å². The summed E-state index contributed by atoms with van der Waals surface area (Å²) < 4.78 is 50.2. The average molecular weight is 318 g/mol. The predicted octanol–water partition coefficient (Wildman–Crippen LogP) is 2.38. The minimum absolute atomic E-state index is 0.0699. The van der Waals surface area contributed by atoms with Crippen molar-refractivity contribution in [2.45, 2.75) is 19.5 Å². The minimum Gasteiger partial charge on any atom is -0.332 e. The largest absolute Gasteiger partial charge is 0.471 e. The molecule has 3 nitrogen and oxygen atoms in total. The van der Waals surface area contributed by atoms with Crippen molar-refractivity contribution < 1.29 is 22.4 Å². The first kappa shape index (κ1) is 16.7. The van der Waals surface area contributed by atoms with Crippen molar-refractivity contribution >= 4 is 5.91 Å². The lowest BCUT2D eigenvalue weighted by Gasteiger charge is -2.35. The lowest BCUT2D eigenvalue weighted by atomic mass is 10.1. The molecule has 0 atom stereocenters. The Hall–Kier alpha value is -1.63. The molecule has 0 radical (unpaired) electrons. The van der Waals surface area contributed by atoms with Crippen molar-refractivity contribution in [3.8, 4) is 0 Å². The van der Waals surface area contributed by atoms with Crippen LogP contribution in [-0.2, 0) is 11.2 Å². The van der Waals surface area contributed by atoms with Gasteiger partial charge in [-0.1, -0.05) is 6.07 Å². The molecule has 122 valence electrons. The molecule has 1 amide bonds. The monoisotopic (exact) mass is 318 g/mol. The summed E-state index contributed by atoms with van der Waals surface area (Å²) in [5, 5.41) is 0. The third kappa shape index (κ3) is 4.19. The van der Waals surface area contributed by atoms with Crippen LogP contribution in [0.1, 0.15) is 11.1 Å². The summed E-state index contributed by atoms with van der Waals surface area (Å²) in [5.41, 5.74) is 1.89. The van der Waals surface area contributed by atoms with E-state index in [1.165, 1.54) is 12.1 Å². The third-order valence-corrected chi connectivity index (χ3v) is 3.91. The summed E-state index contributed by atoms with van der Waals surface area (Å²) in [4.78, 5) is 14.0. The van der Waals surface area contributed by atoms with Gasteiger partial charge in [0.2, 0.25) is 0 Å². The normalized spacial score (nSPS) is 16.9. The summed E-state index contributed by atoms with van der Waals surface area (Å²) in [5.74, 6) is -2.06. The highest BCUT2D eigenvalue weighted by molar-refractivity contribution is 5.81. The third-order valence-electron chi connectivity index (χ3n) is 3.91. The molecular formula is C15H18F4N2O. The van der Waals surface area contributed by atoms with Crippen LogP contribution in [0, 0.1) is 12.7 Å². The fraction of sp³-hybridized carbons (Fsp3) is 0.533. The second-order valence-corrected chi connectivity index (χ2v) is 5.45. The van der Waals surface area contributed by atoms with E-state index in [2.05, 4.69) is 0 Å². The molecular weight excluding hydrogens is 300 g/mol. The number of rotatable bonds is 3. The first-order chi connectivity index (χ1) is 10.3. The maximum absolute atomic E-state index is 13.2. The molecule has 0 aromatic heterocycles. The van der Waals surface area contributed by atoms with Crippen molar-refractivity contribution in [3.05, 3.63) is 35.1 Å². The topological polar surface area (TPSA) is 23.6 Å². The number of aryl methyl sites for hydroxylation is 1. The van der Waals surface area contributed by atoms with Crippen molar-refractivity contribution in [3.63, 3.8) is 0 Å². The zero-order valence-corrected chi connectivity index (χ0v) is 12.3. The van der Waals surface area contributed by atoms with Gasteiger partial charge in [-0.25, -0.2) is 4.39 Å². The van der Waals surface area contributed by atoms with Gasteiger partial charge in [-0.2, -0.15) is 13.2 Å². The standard InChI is InChI=1S/C15H18F4N2O/c1-11-2-3-13(16)10-12(11)4-5-20-6-8-21(9-7-20)14(22)15(17,18)19/h2-3,10H,4-9H2,1H3. The van der Waals surface area contributed by atoms with Crippen LogP contribution < -0.4 is 0 Å². The van der Waals surface area contributed by atoms with Gasteiger partial charge in [0, 0.05) is 32.7 Å². The Kier molecular flexibility index (Phi) is 5.05. The molecule has 22 heavy (non-hydrogen) atoms. The first-order valence-corrected chi connectivity index (χ1v) is 7.11. The molecule has 7 heteroatoms. The molecule has 1 aliphatic rings. The van der Waals surface area contributed by atoms with E-state index in [-0.39, 0.29) is 18.9 Å². The van der Waals surface area contributed by atoms with Crippen LogP contribution in [0.3, 0.4) is 0 Å². The Balaban J connectivity index is 1.83. The fourth-order valence-corrected chi connectivity index (χ4v) is 2.54. The van der Waals surface area contributed by atoms with Gasteiger partial charge in [0.05, 0.1) is 0 Å². The molecule has 0 saturated carbocycles. The molecule has 0 bridgehead atoms. The molecule has 0 unspecified atom stereocenters. The number of halogens is 4. The van der Waals surface area contributed by atoms with Gasteiger partial charge in [0.15, 0.2) is 0 Å². The van der Waals surface area contributed by atoms with Crippen LogP contribution in [0.25, 0.3) is 0 Å². The highest BCUT2D eigenvalue weighted by Crippen LogP contribution is 2.19. The molecule has 1 aromatic carbocycles. The Morgan fingerprint density at radius 1 is 1.18 bits per heavy atom. The van der Waals surface area contributed by atoms with Gasteiger partial charge in [0.1, 0.15) is 5.82 Å². The van der Waals surface area contributed by atoms with Crippen LogP contribution in [-0.4, -0.2) is 54.6 Å². The van der Waals surface area contributed by atoms with E-state index in [0.717, 1.165) is 16.0 Å². The quantitative estimate of drug-likeness (QED) is 0.799. The summed E-state index contributed by atoms with van der Waals surface area (Å²) >= 11 is 0. The SMILES string of the molecule is Cc1ccc(F)cc1CCN1CCN(C(=O)C(F)(F)F)CC1. The van der Waals surface area contributed by atoms with Crippen molar-refractivity contribution in [2.75, 3.05) is 32.7 Å². The van der Waals surface area contributed by atoms with Gasteiger partial charge in [-0.05, 0) is 36.6 Å². The van der Waals surface area contributed by atoms with E-state index >= 15 is 0 Å². The van der Waals surface area contributed by atoms with Gasteiger partial charge >= 0.3 is 12.1 Å². The summed E-state index contributed by atoms with van der Waals surface area (Å²) in [7, 11) is 0. The molecule has 1 aromatic rings. The lowest BCUT2D eigenvalue weighted by molar-refractivity contribution is -0.187. The molecule has 0 aliphatic carbocycles. The Bertz CT molecular complexity index is 537. The maximum Gasteiger partial charge on any atom is 0.471 e. The van der Waals surface area contributed by atoms with E-state index in [9.17, 15) is 22.4 Å². The van der Waals surface area contributed by atoms with E-state index in [4.69, 9.17) is 0 Å². The van der Waals surface area contributed by atoms with E-state index in [0.29, 0.717) is 26.1 Å². The lowest BCUT2D eigenvalue weighted by Crippen LogP contribution is -2.52. The zero-order chi connectivity index (χ0) is 16.3. The van der Waals surface area contributed by atoms with Gasteiger partial charge in [-0.15, -0.1) is 0 Å². The summed E-state index contributed by atoms with van der Waals surface area (Å²) in [6, 6.07) is 4.60. The molecule has 1 heterocycles. The number of alkyl halides is 3. The van der Waals surface area contributed by atoms with Crippen molar-refractivity contribution in [1.82, 2.24) is 9.80 Å². The minimum atomic E-state index is -4.80. The Labute approximate surface area is 126 Å². The second kappa shape index (κ2) is 6.64. The Morgan fingerprint density at radius 2 is 1.82 bits per heavy atom. The van der Waals surface area contributed by atoms with Crippen molar-refractivity contribution in [2.24, 2.45) is 0 Å². The summed E-state index contributed by atoms with van der Waals surface area (Å²) in [6.07, 6.45) is -4.17. The number of nitrogens with zero attached hydrogens (tertiary/aromatic N) is 2. The first-order valence-electron chi connectivity index (χ1n) is 7.11. The van der Waals surface area contributed by atoms with Crippen LogP contribution in [0.4, 0.5) is 17.6 Å². The van der Waals surface area contributed by atoms with E-state index in [1.54, 1.807) is 6.07 Å². The molecule has 0 N–H and O–H groups in total. The van der Waals surface area contributed by atoms with Crippen LogP contribution >= 0.6 is 0 Å². The van der Waals surface area contributed by atoms with E-state index in [1.807, 2.05) is 11.8 Å². The van der Waals surface area contributed by atoms with Gasteiger partial charge in [-0.3, -0.25) is 9.69 Å². The highest BCUT2D eigenvalue weighted by Gasteiger charge is 2.43. The number of hydrogen-bond acceptors (Lipinski definition) is 2.